The van der Waals surface area contributed by atoms with E-state index in [1.54, 1.807) is 0 Å². The van der Waals surface area contributed by atoms with Gasteiger partial charge in [-0.25, -0.2) is 0 Å². The van der Waals surface area contributed by atoms with E-state index >= 15 is 0 Å². The van der Waals surface area contributed by atoms with Crippen LogP contribution in [-0.4, -0.2) is 6.61 Å². The minimum absolute atomic E-state index is 0.811. The van der Waals surface area contributed by atoms with Crippen molar-refractivity contribution in [1.82, 2.24) is 0 Å². The number of allylic oxidation sites excluding steroid dienone is 2. The standard InChI is InChI=1S/C24H34O/c1-3-5-7-9-21-10-12-22(13-11-21)14-15-23-16-18-24(19-17-23)25-20-8-6-4-2/h12,16-19,21H,3-11,13,20H2,1-2H3. The Hall–Kier alpha value is -1.68. The lowest BCUT2D eigenvalue weighted by Crippen LogP contribution is -2.05. The zero-order chi connectivity index (χ0) is 17.7. The van der Waals surface area contributed by atoms with Gasteiger partial charge in [0.1, 0.15) is 5.75 Å². The van der Waals surface area contributed by atoms with Gasteiger partial charge >= 0.3 is 0 Å². The maximum Gasteiger partial charge on any atom is 0.119 e. The lowest BCUT2D eigenvalue weighted by atomic mass is 9.86. The Morgan fingerprint density at radius 1 is 0.960 bits per heavy atom. The number of hydrogen-bond acceptors (Lipinski definition) is 1. The van der Waals surface area contributed by atoms with Crippen molar-refractivity contribution in [3.63, 3.8) is 0 Å². The second kappa shape index (κ2) is 11.8. The molecule has 1 aromatic carbocycles. The molecule has 0 fully saturated rings. The molecule has 0 saturated heterocycles. The molecule has 0 radical (unpaired) electrons. The number of ether oxygens (including phenoxy) is 1. The van der Waals surface area contributed by atoms with Crippen LogP contribution in [-0.2, 0) is 0 Å². The highest BCUT2D eigenvalue weighted by molar-refractivity contribution is 5.43. The van der Waals surface area contributed by atoms with Crippen LogP contribution in [0, 0.1) is 17.8 Å². The molecule has 0 aromatic heterocycles. The molecule has 0 bridgehead atoms. The first-order valence-corrected chi connectivity index (χ1v) is 10.3. The molecule has 1 aromatic rings. The van der Waals surface area contributed by atoms with Gasteiger partial charge in [-0.1, -0.05) is 70.3 Å². The predicted molar refractivity (Wildman–Crippen MR) is 108 cm³/mol. The van der Waals surface area contributed by atoms with E-state index in [0.717, 1.165) is 36.7 Å². The normalized spacial score (nSPS) is 16.7. The van der Waals surface area contributed by atoms with Crippen LogP contribution in [0.5, 0.6) is 5.75 Å². The maximum atomic E-state index is 5.75. The molecule has 1 nitrogen and oxygen atoms in total. The minimum Gasteiger partial charge on any atom is -0.494 e. The number of hydrogen-bond donors (Lipinski definition) is 0. The molecule has 1 unspecified atom stereocenters. The molecule has 136 valence electrons. The average molecular weight is 339 g/mol. The zero-order valence-electron chi connectivity index (χ0n) is 16.2. The Morgan fingerprint density at radius 3 is 2.40 bits per heavy atom. The highest BCUT2D eigenvalue weighted by atomic mass is 16.5. The summed E-state index contributed by atoms with van der Waals surface area (Å²) < 4.78 is 5.75. The summed E-state index contributed by atoms with van der Waals surface area (Å²) in [6.07, 6.45) is 15.1. The van der Waals surface area contributed by atoms with E-state index in [4.69, 9.17) is 4.74 Å². The average Bonchev–Trinajstić information content (AvgIpc) is 2.66. The number of unbranched alkanes of at least 4 members (excludes halogenated alkanes) is 4. The van der Waals surface area contributed by atoms with Gasteiger partial charge < -0.3 is 4.74 Å². The molecule has 0 N–H and O–H groups in total. The van der Waals surface area contributed by atoms with Crippen LogP contribution in [0.25, 0.3) is 0 Å². The Kier molecular flexibility index (Phi) is 9.27. The highest BCUT2D eigenvalue weighted by Crippen LogP contribution is 2.27. The van der Waals surface area contributed by atoms with Gasteiger partial charge in [0.2, 0.25) is 0 Å². The van der Waals surface area contributed by atoms with Gasteiger partial charge in [0.05, 0.1) is 6.61 Å². The first-order chi connectivity index (χ1) is 12.3. The molecule has 1 atom stereocenters. The maximum absolute atomic E-state index is 5.75. The largest absolute Gasteiger partial charge is 0.494 e. The summed E-state index contributed by atoms with van der Waals surface area (Å²) in [5, 5.41) is 0. The molecule has 1 aliphatic rings. The van der Waals surface area contributed by atoms with Crippen LogP contribution in [0.3, 0.4) is 0 Å². The fourth-order valence-electron chi connectivity index (χ4n) is 3.28. The molecule has 25 heavy (non-hydrogen) atoms. The van der Waals surface area contributed by atoms with Crippen molar-refractivity contribution in [3.8, 4) is 17.6 Å². The third kappa shape index (κ3) is 7.82. The van der Waals surface area contributed by atoms with Gasteiger partial charge in [0.15, 0.2) is 0 Å². The summed E-state index contributed by atoms with van der Waals surface area (Å²) in [5.41, 5.74) is 2.40. The summed E-state index contributed by atoms with van der Waals surface area (Å²) in [6, 6.07) is 8.21. The van der Waals surface area contributed by atoms with Crippen molar-refractivity contribution in [1.29, 1.82) is 0 Å². The Balaban J connectivity index is 1.77. The van der Waals surface area contributed by atoms with E-state index in [1.807, 2.05) is 12.1 Å². The quantitative estimate of drug-likeness (QED) is 0.351. The third-order valence-electron chi connectivity index (χ3n) is 4.97. The molecule has 1 aliphatic carbocycles. The molecule has 0 heterocycles. The third-order valence-corrected chi connectivity index (χ3v) is 4.97. The fourth-order valence-corrected chi connectivity index (χ4v) is 3.28. The number of benzene rings is 1. The van der Waals surface area contributed by atoms with Crippen molar-refractivity contribution in [3.05, 3.63) is 41.5 Å². The molecule has 2 rings (SSSR count). The van der Waals surface area contributed by atoms with Gasteiger partial charge in [-0.3, -0.25) is 0 Å². The van der Waals surface area contributed by atoms with E-state index in [9.17, 15) is 0 Å². The van der Waals surface area contributed by atoms with Gasteiger partial charge in [-0.2, -0.15) is 0 Å². The predicted octanol–water partition coefficient (Wildman–Crippen LogP) is 6.91. The summed E-state index contributed by atoms with van der Waals surface area (Å²) in [7, 11) is 0. The Bertz CT molecular complexity index is 570. The van der Waals surface area contributed by atoms with Crippen LogP contribution < -0.4 is 4.74 Å². The van der Waals surface area contributed by atoms with Crippen LogP contribution in [0.4, 0.5) is 0 Å². The lowest BCUT2D eigenvalue weighted by Gasteiger charge is -2.19. The van der Waals surface area contributed by atoms with E-state index in [1.165, 1.54) is 56.9 Å². The van der Waals surface area contributed by atoms with Crippen molar-refractivity contribution in [2.45, 2.75) is 78.1 Å². The molecule has 0 saturated carbocycles. The minimum atomic E-state index is 0.811. The van der Waals surface area contributed by atoms with Crippen molar-refractivity contribution in [2.24, 2.45) is 5.92 Å². The van der Waals surface area contributed by atoms with Crippen molar-refractivity contribution >= 4 is 0 Å². The summed E-state index contributed by atoms with van der Waals surface area (Å²) in [4.78, 5) is 0. The number of rotatable bonds is 9. The van der Waals surface area contributed by atoms with E-state index < -0.39 is 0 Å². The molecule has 0 spiro atoms. The SMILES string of the molecule is CCCCCOc1ccc(C#CC2=CCC(CCCCC)CC2)cc1. The van der Waals surface area contributed by atoms with Crippen molar-refractivity contribution in [2.75, 3.05) is 6.61 Å². The molecular weight excluding hydrogens is 304 g/mol. The van der Waals surface area contributed by atoms with Gasteiger partial charge in [0, 0.05) is 5.56 Å². The van der Waals surface area contributed by atoms with Crippen LogP contribution in [0.15, 0.2) is 35.9 Å². The van der Waals surface area contributed by atoms with E-state index in [0.29, 0.717) is 0 Å². The molecule has 0 aliphatic heterocycles. The zero-order valence-corrected chi connectivity index (χ0v) is 16.2. The van der Waals surface area contributed by atoms with Gasteiger partial charge in [-0.05, 0) is 61.4 Å². The topological polar surface area (TPSA) is 9.23 Å². The second-order valence-corrected chi connectivity index (χ2v) is 7.20. The van der Waals surface area contributed by atoms with Crippen molar-refractivity contribution < 1.29 is 4.74 Å². The molecule has 1 heteroatoms. The first-order valence-electron chi connectivity index (χ1n) is 10.3. The molecule has 0 amide bonds. The monoisotopic (exact) mass is 338 g/mol. The summed E-state index contributed by atoms with van der Waals surface area (Å²) in [6.45, 7) is 5.30. The fraction of sp³-hybridized carbons (Fsp3) is 0.583. The highest BCUT2D eigenvalue weighted by Gasteiger charge is 2.12. The van der Waals surface area contributed by atoms with Gasteiger partial charge in [0.25, 0.3) is 0 Å². The summed E-state index contributed by atoms with van der Waals surface area (Å²) in [5.74, 6) is 8.53. The molecular formula is C24H34O. The van der Waals surface area contributed by atoms with Crippen LogP contribution in [0.2, 0.25) is 0 Å². The Labute approximate surface area is 154 Å². The smallest absolute Gasteiger partial charge is 0.119 e. The van der Waals surface area contributed by atoms with Gasteiger partial charge in [-0.15, -0.1) is 0 Å². The van der Waals surface area contributed by atoms with E-state index in [-0.39, 0.29) is 0 Å². The first kappa shape index (κ1) is 19.6. The van der Waals surface area contributed by atoms with E-state index in [2.05, 4.69) is 43.9 Å². The second-order valence-electron chi connectivity index (χ2n) is 7.20. The van der Waals surface area contributed by atoms with Crippen LogP contribution in [0.1, 0.15) is 83.6 Å². The Morgan fingerprint density at radius 2 is 1.72 bits per heavy atom. The van der Waals surface area contributed by atoms with Crippen LogP contribution >= 0.6 is 0 Å². The lowest BCUT2D eigenvalue weighted by molar-refractivity contribution is 0.306. The summed E-state index contributed by atoms with van der Waals surface area (Å²) >= 11 is 0.